The Morgan fingerprint density at radius 1 is 1.33 bits per heavy atom. The number of likely N-dealkylation sites (N-methyl/N-ethyl adjacent to an activating group) is 1. The normalized spacial score (nSPS) is 13.3. The second kappa shape index (κ2) is 5.98. The number of nitrogens with zero attached hydrogens (tertiary/aromatic N) is 2. The summed E-state index contributed by atoms with van der Waals surface area (Å²) in [5.74, 6) is 0. The molecule has 0 saturated carbocycles. The quantitative estimate of drug-likeness (QED) is 0.810. The molecule has 4 nitrogen and oxygen atoms in total. The van der Waals surface area contributed by atoms with Crippen LogP contribution in [0.2, 0.25) is 0 Å². The predicted octanol–water partition coefficient (Wildman–Crippen LogP) is 1.48. The summed E-state index contributed by atoms with van der Waals surface area (Å²) in [4.78, 5) is 2.30. The fraction of sp³-hybridized carbons (Fsp3) is 0.462. The van der Waals surface area contributed by atoms with Gasteiger partial charge in [0, 0.05) is 12.8 Å². The first-order valence-electron chi connectivity index (χ1n) is 5.73. The van der Waals surface area contributed by atoms with E-state index in [1.54, 1.807) is 12.1 Å². The maximum absolute atomic E-state index is 11.3. The summed E-state index contributed by atoms with van der Waals surface area (Å²) in [6.45, 7) is 2.62. The van der Waals surface area contributed by atoms with Gasteiger partial charge in [0.2, 0.25) is 0 Å². The third-order valence-corrected chi connectivity index (χ3v) is 4.08. The van der Waals surface area contributed by atoms with E-state index in [-0.39, 0.29) is 6.04 Å². The topological polar surface area (TPSA) is 61.2 Å². The number of rotatable bonds is 5. The molecule has 5 heteroatoms. The lowest BCUT2D eigenvalue weighted by Crippen LogP contribution is -2.29. The van der Waals surface area contributed by atoms with Gasteiger partial charge in [-0.2, -0.15) is 5.26 Å². The summed E-state index contributed by atoms with van der Waals surface area (Å²) in [5.41, 5.74) is 1.07. The van der Waals surface area contributed by atoms with E-state index in [4.69, 9.17) is 5.26 Å². The molecule has 0 aliphatic rings. The van der Waals surface area contributed by atoms with Gasteiger partial charge in [-0.05, 0) is 38.1 Å². The highest BCUT2D eigenvalue weighted by Gasteiger charge is 2.08. The first kappa shape index (κ1) is 14.7. The number of hydrogen-bond donors (Lipinski definition) is 0. The van der Waals surface area contributed by atoms with E-state index in [1.807, 2.05) is 31.0 Å². The van der Waals surface area contributed by atoms with Crippen LogP contribution in [0.5, 0.6) is 0 Å². The van der Waals surface area contributed by atoms with Crippen molar-refractivity contribution < 1.29 is 8.42 Å². The smallest absolute Gasteiger partial charge is 0.175 e. The van der Waals surface area contributed by atoms with Crippen LogP contribution in [0, 0.1) is 11.3 Å². The van der Waals surface area contributed by atoms with Crippen LogP contribution in [-0.2, 0) is 16.3 Å². The Morgan fingerprint density at radius 3 is 2.33 bits per heavy atom. The van der Waals surface area contributed by atoms with Crippen molar-refractivity contribution in [2.24, 2.45) is 0 Å². The second-order valence-electron chi connectivity index (χ2n) is 4.45. The highest BCUT2D eigenvalue weighted by molar-refractivity contribution is 7.90. The molecule has 0 bridgehead atoms. The standard InChI is InChI=1S/C13H18N2O2S/c1-11(10-14)15(2)9-8-12-4-6-13(7-5-12)18(3,16)17/h4-7,11H,8-9H2,1-3H3. The van der Waals surface area contributed by atoms with Crippen molar-refractivity contribution in [3.8, 4) is 6.07 Å². The molecule has 0 radical (unpaired) electrons. The molecule has 1 atom stereocenters. The SMILES string of the molecule is CC(C#N)N(C)CCc1ccc(S(C)(=O)=O)cc1. The van der Waals surface area contributed by atoms with Gasteiger partial charge in [-0.25, -0.2) is 8.42 Å². The minimum absolute atomic E-state index is 0.111. The fourth-order valence-corrected chi connectivity index (χ4v) is 2.13. The zero-order valence-corrected chi connectivity index (χ0v) is 11.7. The maximum Gasteiger partial charge on any atom is 0.175 e. The Bertz CT molecular complexity index is 529. The molecule has 0 spiro atoms. The van der Waals surface area contributed by atoms with Gasteiger partial charge in [-0.15, -0.1) is 0 Å². The maximum atomic E-state index is 11.3. The lowest BCUT2D eigenvalue weighted by molar-refractivity contribution is 0.306. The van der Waals surface area contributed by atoms with E-state index in [2.05, 4.69) is 6.07 Å². The third kappa shape index (κ3) is 4.13. The van der Waals surface area contributed by atoms with E-state index < -0.39 is 9.84 Å². The Balaban J connectivity index is 2.63. The molecule has 0 fully saturated rings. The van der Waals surface area contributed by atoms with Crippen molar-refractivity contribution in [2.75, 3.05) is 19.8 Å². The Kier molecular flexibility index (Phi) is 4.88. The first-order chi connectivity index (χ1) is 8.34. The summed E-state index contributed by atoms with van der Waals surface area (Å²) < 4.78 is 22.6. The fourth-order valence-electron chi connectivity index (χ4n) is 1.50. The highest BCUT2D eigenvalue weighted by atomic mass is 32.2. The van der Waals surface area contributed by atoms with Crippen molar-refractivity contribution in [1.82, 2.24) is 4.90 Å². The third-order valence-electron chi connectivity index (χ3n) is 2.95. The van der Waals surface area contributed by atoms with Crippen LogP contribution in [0.25, 0.3) is 0 Å². The average Bonchev–Trinajstić information content (AvgIpc) is 2.34. The molecular weight excluding hydrogens is 248 g/mol. The van der Waals surface area contributed by atoms with Crippen molar-refractivity contribution in [3.05, 3.63) is 29.8 Å². The Hall–Kier alpha value is -1.38. The van der Waals surface area contributed by atoms with E-state index >= 15 is 0 Å². The summed E-state index contributed by atoms with van der Waals surface area (Å²) in [7, 11) is -1.22. The molecule has 0 aromatic heterocycles. The summed E-state index contributed by atoms with van der Waals surface area (Å²) in [6, 6.07) is 8.95. The number of nitriles is 1. The van der Waals surface area contributed by atoms with Gasteiger partial charge in [-0.1, -0.05) is 12.1 Å². The number of benzene rings is 1. The largest absolute Gasteiger partial charge is 0.291 e. The lowest BCUT2D eigenvalue weighted by atomic mass is 10.1. The number of hydrogen-bond acceptors (Lipinski definition) is 4. The van der Waals surface area contributed by atoms with E-state index in [9.17, 15) is 8.42 Å². The van der Waals surface area contributed by atoms with Gasteiger partial charge in [0.1, 0.15) is 0 Å². The monoisotopic (exact) mass is 266 g/mol. The molecule has 1 aromatic carbocycles. The minimum atomic E-state index is -3.12. The van der Waals surface area contributed by atoms with Crippen LogP contribution < -0.4 is 0 Å². The van der Waals surface area contributed by atoms with Crippen LogP contribution >= 0.6 is 0 Å². The van der Waals surface area contributed by atoms with Gasteiger partial charge >= 0.3 is 0 Å². The Morgan fingerprint density at radius 2 is 1.89 bits per heavy atom. The second-order valence-corrected chi connectivity index (χ2v) is 6.47. The zero-order chi connectivity index (χ0) is 13.8. The van der Waals surface area contributed by atoms with Gasteiger partial charge in [0.05, 0.1) is 17.0 Å². The van der Waals surface area contributed by atoms with Crippen molar-refractivity contribution >= 4 is 9.84 Å². The molecule has 98 valence electrons. The summed E-state index contributed by atoms with van der Waals surface area (Å²) in [6.07, 6.45) is 2.00. The van der Waals surface area contributed by atoms with Crippen LogP contribution in [0.15, 0.2) is 29.2 Å². The summed E-state index contributed by atoms with van der Waals surface area (Å²) in [5, 5.41) is 8.77. The molecule has 0 aliphatic carbocycles. The van der Waals surface area contributed by atoms with Gasteiger partial charge in [0.25, 0.3) is 0 Å². The molecule has 1 unspecified atom stereocenters. The Labute approximate surface area is 109 Å². The molecule has 0 N–H and O–H groups in total. The van der Waals surface area contributed by atoms with Crippen LogP contribution in [0.1, 0.15) is 12.5 Å². The molecule has 0 amide bonds. The van der Waals surface area contributed by atoms with Crippen molar-refractivity contribution in [3.63, 3.8) is 0 Å². The van der Waals surface area contributed by atoms with Crippen LogP contribution in [0.3, 0.4) is 0 Å². The first-order valence-corrected chi connectivity index (χ1v) is 7.62. The van der Waals surface area contributed by atoms with Gasteiger partial charge < -0.3 is 0 Å². The zero-order valence-electron chi connectivity index (χ0n) is 10.9. The minimum Gasteiger partial charge on any atom is -0.291 e. The van der Waals surface area contributed by atoms with Crippen LogP contribution in [-0.4, -0.2) is 39.2 Å². The lowest BCUT2D eigenvalue weighted by Gasteiger charge is -2.18. The van der Waals surface area contributed by atoms with Crippen LogP contribution in [0.4, 0.5) is 0 Å². The molecular formula is C13H18N2O2S. The average molecular weight is 266 g/mol. The molecule has 0 heterocycles. The van der Waals surface area contributed by atoms with Gasteiger partial charge in [-0.3, -0.25) is 4.90 Å². The van der Waals surface area contributed by atoms with E-state index in [0.717, 1.165) is 18.5 Å². The van der Waals surface area contributed by atoms with Crippen molar-refractivity contribution in [1.29, 1.82) is 5.26 Å². The van der Waals surface area contributed by atoms with Crippen molar-refractivity contribution in [2.45, 2.75) is 24.3 Å². The molecule has 18 heavy (non-hydrogen) atoms. The summed E-state index contributed by atoms with van der Waals surface area (Å²) >= 11 is 0. The molecule has 0 saturated heterocycles. The molecule has 1 rings (SSSR count). The van der Waals surface area contributed by atoms with Gasteiger partial charge in [0.15, 0.2) is 9.84 Å². The predicted molar refractivity (Wildman–Crippen MR) is 71.0 cm³/mol. The molecule has 0 aliphatic heterocycles. The molecule has 1 aromatic rings. The van der Waals surface area contributed by atoms with E-state index in [0.29, 0.717) is 4.90 Å². The number of sulfone groups is 1. The van der Waals surface area contributed by atoms with E-state index in [1.165, 1.54) is 6.26 Å². The highest BCUT2D eigenvalue weighted by Crippen LogP contribution is 2.11.